The second-order valence-corrected chi connectivity index (χ2v) is 6.27. The minimum atomic E-state index is -3.49. The molecule has 1 aromatic carbocycles. The summed E-state index contributed by atoms with van der Waals surface area (Å²) in [5, 5.41) is 8.88. The third kappa shape index (κ3) is 5.18. The molecular weight excluding hydrogens is 266 g/mol. The molecule has 0 spiro atoms. The van der Waals surface area contributed by atoms with Crippen LogP contribution in [0, 0.1) is 5.92 Å². The molecular formula is C13H21NO4S. The van der Waals surface area contributed by atoms with Gasteiger partial charge in [0.15, 0.2) is 0 Å². The summed E-state index contributed by atoms with van der Waals surface area (Å²) >= 11 is 0. The van der Waals surface area contributed by atoms with Crippen LogP contribution < -0.4 is 9.46 Å². The molecule has 1 unspecified atom stereocenters. The minimum Gasteiger partial charge on any atom is -0.497 e. The Balaban J connectivity index is 2.56. The molecule has 0 aromatic heterocycles. The van der Waals surface area contributed by atoms with Crippen LogP contribution in [0.1, 0.15) is 19.8 Å². The number of aliphatic hydroxyl groups excluding tert-OH is 1. The lowest BCUT2D eigenvalue weighted by Crippen LogP contribution is -2.25. The second-order valence-electron chi connectivity index (χ2n) is 4.51. The van der Waals surface area contributed by atoms with Crippen molar-refractivity contribution in [3.8, 4) is 5.75 Å². The first-order valence-corrected chi connectivity index (χ1v) is 7.72. The Morgan fingerprint density at radius 2 is 2.16 bits per heavy atom. The van der Waals surface area contributed by atoms with Gasteiger partial charge in [0.1, 0.15) is 5.75 Å². The number of hydrogen-bond acceptors (Lipinski definition) is 4. The Kier molecular flexibility index (Phi) is 6.27. The van der Waals surface area contributed by atoms with E-state index >= 15 is 0 Å². The third-order valence-electron chi connectivity index (χ3n) is 2.83. The molecule has 0 fully saturated rings. The Bertz CT molecular complexity index is 487. The van der Waals surface area contributed by atoms with E-state index in [0.717, 1.165) is 6.42 Å². The van der Waals surface area contributed by atoms with Crippen molar-refractivity contribution in [3.05, 3.63) is 24.3 Å². The van der Waals surface area contributed by atoms with Crippen LogP contribution in [0.5, 0.6) is 5.75 Å². The predicted octanol–water partition coefficient (Wildman–Crippen LogP) is 1.38. The molecule has 0 aliphatic rings. The fourth-order valence-corrected chi connectivity index (χ4v) is 2.71. The van der Waals surface area contributed by atoms with Gasteiger partial charge in [-0.25, -0.2) is 13.1 Å². The van der Waals surface area contributed by atoms with E-state index in [0.29, 0.717) is 18.7 Å². The number of methoxy groups -OCH3 is 1. The molecule has 1 rings (SSSR count). The average Bonchev–Trinajstić information content (AvgIpc) is 2.43. The van der Waals surface area contributed by atoms with E-state index in [4.69, 9.17) is 9.84 Å². The van der Waals surface area contributed by atoms with E-state index in [-0.39, 0.29) is 17.4 Å². The van der Waals surface area contributed by atoms with Crippen molar-refractivity contribution in [2.24, 2.45) is 5.92 Å². The maximum Gasteiger partial charge on any atom is 0.240 e. The minimum absolute atomic E-state index is 0.128. The molecule has 0 amide bonds. The molecule has 1 atom stereocenters. The number of rotatable bonds is 8. The summed E-state index contributed by atoms with van der Waals surface area (Å²) in [4.78, 5) is 0.196. The van der Waals surface area contributed by atoms with Crippen LogP contribution in [-0.4, -0.2) is 33.8 Å². The van der Waals surface area contributed by atoms with Gasteiger partial charge in [0.25, 0.3) is 0 Å². The predicted molar refractivity (Wildman–Crippen MR) is 73.7 cm³/mol. The van der Waals surface area contributed by atoms with E-state index in [9.17, 15) is 8.42 Å². The first-order chi connectivity index (χ1) is 8.99. The highest BCUT2D eigenvalue weighted by molar-refractivity contribution is 7.89. The van der Waals surface area contributed by atoms with Crippen molar-refractivity contribution in [1.29, 1.82) is 0 Å². The Morgan fingerprint density at radius 3 is 2.79 bits per heavy atom. The highest BCUT2D eigenvalue weighted by Crippen LogP contribution is 2.16. The molecule has 0 radical (unpaired) electrons. The van der Waals surface area contributed by atoms with Gasteiger partial charge in [-0.2, -0.15) is 0 Å². The molecule has 108 valence electrons. The van der Waals surface area contributed by atoms with Crippen molar-refractivity contribution < 1.29 is 18.3 Å². The molecule has 1 aromatic rings. The van der Waals surface area contributed by atoms with Crippen LogP contribution in [0.15, 0.2) is 29.2 Å². The number of hydrogen-bond donors (Lipinski definition) is 2. The molecule has 2 N–H and O–H groups in total. The SMILES string of the molecule is COc1cccc(S(=O)(=O)NCCCC(C)CO)c1. The van der Waals surface area contributed by atoms with Gasteiger partial charge in [0, 0.05) is 19.2 Å². The van der Waals surface area contributed by atoms with Crippen LogP contribution in [0.2, 0.25) is 0 Å². The summed E-state index contributed by atoms with van der Waals surface area (Å²) in [5.74, 6) is 0.707. The molecule has 0 bridgehead atoms. The van der Waals surface area contributed by atoms with Crippen molar-refractivity contribution in [2.75, 3.05) is 20.3 Å². The topological polar surface area (TPSA) is 75.6 Å². The molecule has 19 heavy (non-hydrogen) atoms. The van der Waals surface area contributed by atoms with Crippen LogP contribution >= 0.6 is 0 Å². The van der Waals surface area contributed by atoms with Gasteiger partial charge < -0.3 is 9.84 Å². The molecule has 6 heteroatoms. The molecule has 0 aliphatic heterocycles. The van der Waals surface area contributed by atoms with Gasteiger partial charge in [-0.1, -0.05) is 13.0 Å². The van der Waals surface area contributed by atoms with Crippen molar-refractivity contribution in [1.82, 2.24) is 4.72 Å². The quantitative estimate of drug-likeness (QED) is 0.708. The Hall–Kier alpha value is -1.11. The number of aliphatic hydroxyl groups is 1. The number of benzene rings is 1. The lowest BCUT2D eigenvalue weighted by molar-refractivity contribution is 0.228. The average molecular weight is 287 g/mol. The van der Waals surface area contributed by atoms with E-state index < -0.39 is 10.0 Å². The van der Waals surface area contributed by atoms with Gasteiger partial charge in [-0.15, -0.1) is 0 Å². The first-order valence-electron chi connectivity index (χ1n) is 6.24. The number of ether oxygens (including phenoxy) is 1. The first kappa shape index (κ1) is 15.9. The fraction of sp³-hybridized carbons (Fsp3) is 0.538. The van der Waals surface area contributed by atoms with Gasteiger partial charge in [0.2, 0.25) is 10.0 Å². The smallest absolute Gasteiger partial charge is 0.240 e. The van der Waals surface area contributed by atoms with Crippen molar-refractivity contribution in [2.45, 2.75) is 24.7 Å². The van der Waals surface area contributed by atoms with Crippen LogP contribution in [0.3, 0.4) is 0 Å². The molecule has 0 aliphatic carbocycles. The summed E-state index contributed by atoms with van der Waals surface area (Å²) < 4.78 is 31.5. The fourth-order valence-electron chi connectivity index (χ4n) is 1.60. The van der Waals surface area contributed by atoms with E-state index in [1.807, 2.05) is 6.92 Å². The molecule has 0 saturated heterocycles. The Labute approximate surface area is 114 Å². The van der Waals surface area contributed by atoms with Gasteiger partial charge in [-0.3, -0.25) is 0 Å². The molecule has 0 heterocycles. The van der Waals surface area contributed by atoms with Gasteiger partial charge in [0.05, 0.1) is 12.0 Å². The molecule has 5 nitrogen and oxygen atoms in total. The second kappa shape index (κ2) is 7.47. The lowest BCUT2D eigenvalue weighted by Gasteiger charge is -2.10. The zero-order valence-corrected chi connectivity index (χ0v) is 12.1. The summed E-state index contributed by atoms with van der Waals surface area (Å²) in [6.45, 7) is 2.42. The van der Waals surface area contributed by atoms with E-state index in [2.05, 4.69) is 4.72 Å². The summed E-state index contributed by atoms with van der Waals surface area (Å²) in [6.07, 6.45) is 1.49. The normalized spacial score (nSPS) is 13.2. The number of sulfonamides is 1. The van der Waals surface area contributed by atoms with Gasteiger partial charge in [-0.05, 0) is 30.9 Å². The monoisotopic (exact) mass is 287 g/mol. The largest absolute Gasteiger partial charge is 0.497 e. The standard InChI is InChI=1S/C13H21NO4S/c1-11(10-15)5-4-8-14-19(16,17)13-7-3-6-12(9-13)18-2/h3,6-7,9,11,14-15H,4-5,8,10H2,1-2H3. The summed E-state index contributed by atoms with van der Waals surface area (Å²) in [7, 11) is -1.99. The van der Waals surface area contributed by atoms with Crippen molar-refractivity contribution >= 4 is 10.0 Å². The maximum absolute atomic E-state index is 12.0. The van der Waals surface area contributed by atoms with Gasteiger partial charge >= 0.3 is 0 Å². The maximum atomic E-state index is 12.0. The van der Waals surface area contributed by atoms with Crippen LogP contribution in [0.25, 0.3) is 0 Å². The van der Waals surface area contributed by atoms with E-state index in [1.165, 1.54) is 19.2 Å². The molecule has 0 saturated carbocycles. The highest BCUT2D eigenvalue weighted by Gasteiger charge is 2.14. The lowest BCUT2D eigenvalue weighted by atomic mass is 10.1. The zero-order valence-electron chi connectivity index (χ0n) is 11.3. The number of nitrogens with one attached hydrogen (secondary N) is 1. The van der Waals surface area contributed by atoms with Crippen LogP contribution in [-0.2, 0) is 10.0 Å². The summed E-state index contributed by atoms with van der Waals surface area (Å²) in [5.41, 5.74) is 0. The van der Waals surface area contributed by atoms with E-state index in [1.54, 1.807) is 12.1 Å². The van der Waals surface area contributed by atoms with Crippen LogP contribution in [0.4, 0.5) is 0 Å². The summed E-state index contributed by atoms with van der Waals surface area (Å²) in [6, 6.07) is 6.35. The zero-order chi connectivity index (χ0) is 14.3. The van der Waals surface area contributed by atoms with Crippen molar-refractivity contribution in [3.63, 3.8) is 0 Å². The Morgan fingerprint density at radius 1 is 1.42 bits per heavy atom. The highest BCUT2D eigenvalue weighted by atomic mass is 32.2. The third-order valence-corrected chi connectivity index (χ3v) is 4.29.